The van der Waals surface area contributed by atoms with Crippen molar-refractivity contribution in [1.29, 1.82) is 0 Å². The van der Waals surface area contributed by atoms with Gasteiger partial charge in [0.05, 0.1) is 16.1 Å². The fraction of sp³-hybridized carbons (Fsp3) is 0.417. The summed E-state index contributed by atoms with van der Waals surface area (Å²) in [5, 5.41) is 4.51. The summed E-state index contributed by atoms with van der Waals surface area (Å²) in [5.41, 5.74) is 0.787. The van der Waals surface area contributed by atoms with Gasteiger partial charge in [0.1, 0.15) is 5.15 Å². The molecule has 0 bridgehead atoms. The van der Waals surface area contributed by atoms with Crippen LogP contribution in [0.25, 0.3) is 0 Å². The Morgan fingerprint density at radius 3 is 2.61 bits per heavy atom. The highest BCUT2D eigenvalue weighted by molar-refractivity contribution is 6.43. The number of nitrogens with one attached hydrogen (secondary N) is 1. The molecule has 1 saturated heterocycles. The molecule has 0 saturated carbocycles. The van der Waals surface area contributed by atoms with Gasteiger partial charge in [0.2, 0.25) is 0 Å². The first-order chi connectivity index (χ1) is 8.65. The van der Waals surface area contributed by atoms with Crippen LogP contribution < -0.4 is 5.32 Å². The Kier molecular flexibility index (Phi) is 4.87. The molecule has 1 fully saturated rings. The first-order valence-corrected chi connectivity index (χ1v) is 6.85. The largest absolute Gasteiger partial charge is 0.314 e. The molecular formula is C12H14Cl3N3. The van der Waals surface area contributed by atoms with E-state index in [9.17, 15) is 0 Å². The van der Waals surface area contributed by atoms with Crippen LogP contribution in [0.5, 0.6) is 0 Å². The zero-order valence-corrected chi connectivity index (χ0v) is 12.1. The van der Waals surface area contributed by atoms with E-state index in [1.807, 2.05) is 6.08 Å². The lowest BCUT2D eigenvalue weighted by Gasteiger charge is -2.34. The SMILES string of the molecule is C=C[C@H](c1c(Cl)cnc(Cl)c1Cl)N1CCNCC1. The molecule has 0 unspecified atom stereocenters. The molecule has 3 nitrogen and oxygen atoms in total. The van der Waals surface area contributed by atoms with Crippen molar-refractivity contribution >= 4 is 34.8 Å². The van der Waals surface area contributed by atoms with Crippen LogP contribution in [0.3, 0.4) is 0 Å². The van der Waals surface area contributed by atoms with E-state index in [0.717, 1.165) is 31.7 Å². The first kappa shape index (κ1) is 14.1. The molecule has 1 aliphatic rings. The van der Waals surface area contributed by atoms with Gasteiger partial charge in [-0.15, -0.1) is 6.58 Å². The van der Waals surface area contributed by atoms with Crippen LogP contribution in [0.1, 0.15) is 11.6 Å². The summed E-state index contributed by atoms with van der Waals surface area (Å²) >= 11 is 18.4. The Bertz CT molecular complexity index is 444. The van der Waals surface area contributed by atoms with Crippen LogP contribution in [-0.4, -0.2) is 36.1 Å². The maximum absolute atomic E-state index is 6.22. The Balaban J connectivity index is 2.37. The smallest absolute Gasteiger partial charge is 0.148 e. The summed E-state index contributed by atoms with van der Waals surface area (Å²) in [7, 11) is 0. The topological polar surface area (TPSA) is 28.2 Å². The molecule has 0 spiro atoms. The lowest BCUT2D eigenvalue weighted by Crippen LogP contribution is -2.44. The molecule has 2 heterocycles. The molecule has 1 aromatic rings. The summed E-state index contributed by atoms with van der Waals surface area (Å²) in [4.78, 5) is 6.21. The number of rotatable bonds is 3. The van der Waals surface area contributed by atoms with Crippen molar-refractivity contribution in [3.63, 3.8) is 0 Å². The van der Waals surface area contributed by atoms with Crippen molar-refractivity contribution in [2.75, 3.05) is 26.2 Å². The standard InChI is InChI=1S/C12H14Cl3N3/c1-2-9(18-5-3-16-4-6-18)10-8(13)7-17-12(15)11(10)14/h2,7,9,16H,1,3-6H2/t9-/m1/s1. The van der Waals surface area contributed by atoms with Gasteiger partial charge in [-0.2, -0.15) is 0 Å². The van der Waals surface area contributed by atoms with Gasteiger partial charge in [-0.1, -0.05) is 40.9 Å². The Morgan fingerprint density at radius 1 is 1.33 bits per heavy atom. The van der Waals surface area contributed by atoms with Gasteiger partial charge >= 0.3 is 0 Å². The maximum Gasteiger partial charge on any atom is 0.148 e. The van der Waals surface area contributed by atoms with Gasteiger partial charge in [0.25, 0.3) is 0 Å². The van der Waals surface area contributed by atoms with Crippen molar-refractivity contribution in [2.24, 2.45) is 0 Å². The van der Waals surface area contributed by atoms with Gasteiger partial charge in [-0.05, 0) is 0 Å². The Hall–Kier alpha value is -0.320. The maximum atomic E-state index is 6.22. The van der Waals surface area contributed by atoms with E-state index in [4.69, 9.17) is 34.8 Å². The molecule has 0 amide bonds. The number of aromatic nitrogens is 1. The van der Waals surface area contributed by atoms with Crippen molar-refractivity contribution in [1.82, 2.24) is 15.2 Å². The molecule has 6 heteroatoms. The minimum absolute atomic E-state index is 0.0346. The predicted octanol–water partition coefficient (Wildman–Crippen LogP) is 3.17. The molecule has 1 aromatic heterocycles. The van der Waals surface area contributed by atoms with Crippen LogP contribution in [0.2, 0.25) is 15.2 Å². The van der Waals surface area contributed by atoms with Crippen molar-refractivity contribution in [3.05, 3.63) is 39.6 Å². The van der Waals surface area contributed by atoms with Crippen molar-refractivity contribution < 1.29 is 0 Å². The number of nitrogens with zero attached hydrogens (tertiary/aromatic N) is 2. The lowest BCUT2D eigenvalue weighted by molar-refractivity contribution is 0.203. The van der Waals surface area contributed by atoms with E-state index in [1.54, 1.807) is 0 Å². The van der Waals surface area contributed by atoms with Gasteiger partial charge in [0.15, 0.2) is 0 Å². The summed E-state index contributed by atoms with van der Waals surface area (Å²) in [6.07, 6.45) is 3.37. The first-order valence-electron chi connectivity index (χ1n) is 5.72. The fourth-order valence-corrected chi connectivity index (χ4v) is 2.85. The fourth-order valence-electron chi connectivity index (χ4n) is 2.14. The second kappa shape index (κ2) is 6.22. The van der Waals surface area contributed by atoms with Gasteiger partial charge in [0, 0.05) is 37.9 Å². The number of halogens is 3. The average molecular weight is 307 g/mol. The summed E-state index contributed by atoms with van der Waals surface area (Å²) in [6, 6.07) is -0.0346. The van der Waals surface area contributed by atoms with E-state index < -0.39 is 0 Å². The highest BCUT2D eigenvalue weighted by atomic mass is 35.5. The third-order valence-corrected chi connectivity index (χ3v) is 4.10. The van der Waals surface area contributed by atoms with Crippen LogP contribution in [0.15, 0.2) is 18.9 Å². The molecular weight excluding hydrogens is 293 g/mol. The number of pyridine rings is 1. The Morgan fingerprint density at radius 2 is 2.00 bits per heavy atom. The second-order valence-electron chi connectivity index (χ2n) is 4.09. The summed E-state index contributed by atoms with van der Waals surface area (Å²) in [5.74, 6) is 0. The lowest BCUT2D eigenvalue weighted by atomic mass is 10.1. The van der Waals surface area contributed by atoms with E-state index in [1.165, 1.54) is 6.20 Å². The van der Waals surface area contributed by atoms with Crippen molar-refractivity contribution in [2.45, 2.75) is 6.04 Å². The quantitative estimate of drug-likeness (QED) is 0.687. The molecule has 1 atom stereocenters. The molecule has 2 rings (SSSR count). The molecule has 0 aliphatic carbocycles. The van der Waals surface area contributed by atoms with Crippen LogP contribution in [0.4, 0.5) is 0 Å². The Labute approximate surface area is 122 Å². The normalized spacial score (nSPS) is 18.6. The second-order valence-corrected chi connectivity index (χ2v) is 5.23. The molecule has 18 heavy (non-hydrogen) atoms. The third-order valence-electron chi connectivity index (χ3n) is 3.03. The molecule has 1 aliphatic heterocycles. The molecule has 98 valence electrons. The minimum atomic E-state index is -0.0346. The number of piperazine rings is 1. The van der Waals surface area contributed by atoms with Gasteiger partial charge in [-0.25, -0.2) is 4.98 Å². The van der Waals surface area contributed by atoms with Crippen LogP contribution in [0, 0.1) is 0 Å². The minimum Gasteiger partial charge on any atom is -0.314 e. The van der Waals surface area contributed by atoms with Gasteiger partial charge < -0.3 is 5.32 Å². The highest BCUT2D eigenvalue weighted by Gasteiger charge is 2.25. The summed E-state index contributed by atoms with van der Waals surface area (Å²) in [6.45, 7) is 7.61. The molecule has 0 radical (unpaired) electrons. The zero-order chi connectivity index (χ0) is 13.1. The average Bonchev–Trinajstić information content (AvgIpc) is 2.40. The van der Waals surface area contributed by atoms with E-state index in [-0.39, 0.29) is 11.2 Å². The highest BCUT2D eigenvalue weighted by Crippen LogP contribution is 2.37. The summed E-state index contributed by atoms with van der Waals surface area (Å²) < 4.78 is 0. The number of hydrogen-bond acceptors (Lipinski definition) is 3. The molecule has 0 aromatic carbocycles. The predicted molar refractivity (Wildman–Crippen MR) is 76.6 cm³/mol. The zero-order valence-electron chi connectivity index (χ0n) is 9.80. The van der Waals surface area contributed by atoms with Crippen molar-refractivity contribution in [3.8, 4) is 0 Å². The van der Waals surface area contributed by atoms with E-state index in [2.05, 4.69) is 21.8 Å². The van der Waals surface area contributed by atoms with E-state index >= 15 is 0 Å². The number of hydrogen-bond donors (Lipinski definition) is 1. The monoisotopic (exact) mass is 305 g/mol. The molecule has 1 N–H and O–H groups in total. The van der Waals surface area contributed by atoms with Crippen LogP contribution in [-0.2, 0) is 0 Å². The van der Waals surface area contributed by atoms with Gasteiger partial charge in [-0.3, -0.25) is 4.90 Å². The van der Waals surface area contributed by atoms with E-state index in [0.29, 0.717) is 10.0 Å². The van der Waals surface area contributed by atoms with Crippen LogP contribution >= 0.6 is 34.8 Å². The third kappa shape index (κ3) is 2.81.